The van der Waals surface area contributed by atoms with Crippen molar-refractivity contribution in [3.8, 4) is 0 Å². The minimum atomic E-state index is 0.191. The van der Waals surface area contributed by atoms with E-state index in [1.165, 1.54) is 6.42 Å². The SMILES string of the molecule is CC1CCC(C(=O)NC2CCC(C)C(C)C2)CN1. The van der Waals surface area contributed by atoms with Crippen LogP contribution in [0.1, 0.15) is 52.9 Å². The van der Waals surface area contributed by atoms with Gasteiger partial charge in [-0.2, -0.15) is 0 Å². The first-order valence-corrected chi connectivity index (χ1v) is 7.60. The highest BCUT2D eigenvalue weighted by Crippen LogP contribution is 2.29. The third-order valence-electron chi connectivity index (χ3n) is 4.98. The molecule has 2 N–H and O–H groups in total. The third-order valence-corrected chi connectivity index (χ3v) is 4.98. The van der Waals surface area contributed by atoms with Gasteiger partial charge >= 0.3 is 0 Å². The molecule has 1 heterocycles. The Morgan fingerprint density at radius 3 is 2.44 bits per heavy atom. The van der Waals surface area contributed by atoms with Crippen molar-refractivity contribution >= 4 is 5.91 Å². The highest BCUT2D eigenvalue weighted by molar-refractivity contribution is 5.79. The molecule has 2 aliphatic rings. The van der Waals surface area contributed by atoms with E-state index in [0.717, 1.165) is 44.1 Å². The lowest BCUT2D eigenvalue weighted by Gasteiger charge is -2.34. The van der Waals surface area contributed by atoms with Crippen LogP contribution in [-0.4, -0.2) is 24.5 Å². The Labute approximate surface area is 111 Å². The molecule has 0 aromatic heterocycles. The summed E-state index contributed by atoms with van der Waals surface area (Å²) in [4.78, 5) is 12.2. The van der Waals surface area contributed by atoms with Gasteiger partial charge in [0.2, 0.25) is 5.91 Å². The standard InChI is InChI=1S/C15H28N2O/c1-10-4-7-14(8-11(10)2)17-15(18)13-6-5-12(3)16-9-13/h10-14,16H,4-9H2,1-3H3,(H,17,18). The minimum Gasteiger partial charge on any atom is -0.353 e. The molecule has 1 aliphatic carbocycles. The molecule has 0 bridgehead atoms. The zero-order valence-electron chi connectivity index (χ0n) is 12.0. The highest BCUT2D eigenvalue weighted by Gasteiger charge is 2.29. The molecule has 0 spiro atoms. The molecule has 1 amide bonds. The second-order valence-corrected chi connectivity index (χ2v) is 6.56. The second kappa shape index (κ2) is 6.05. The normalized spacial score (nSPS) is 41.4. The molecule has 5 unspecified atom stereocenters. The van der Waals surface area contributed by atoms with Crippen molar-refractivity contribution in [1.29, 1.82) is 0 Å². The van der Waals surface area contributed by atoms with E-state index in [1.807, 2.05) is 0 Å². The van der Waals surface area contributed by atoms with Crippen LogP contribution in [0.15, 0.2) is 0 Å². The van der Waals surface area contributed by atoms with Crippen molar-refractivity contribution < 1.29 is 4.79 Å². The summed E-state index contributed by atoms with van der Waals surface area (Å²) in [5.74, 6) is 2.03. The lowest BCUT2D eigenvalue weighted by atomic mass is 9.79. The molecule has 1 saturated carbocycles. The summed E-state index contributed by atoms with van der Waals surface area (Å²) in [6.45, 7) is 7.69. The van der Waals surface area contributed by atoms with Gasteiger partial charge in [0.15, 0.2) is 0 Å². The lowest BCUT2D eigenvalue weighted by molar-refractivity contribution is -0.126. The quantitative estimate of drug-likeness (QED) is 0.792. The average molecular weight is 252 g/mol. The molecule has 5 atom stereocenters. The summed E-state index contributed by atoms with van der Waals surface area (Å²) in [5.41, 5.74) is 0. The van der Waals surface area contributed by atoms with Crippen molar-refractivity contribution in [2.24, 2.45) is 17.8 Å². The van der Waals surface area contributed by atoms with Gasteiger partial charge in [0.1, 0.15) is 0 Å². The molecular weight excluding hydrogens is 224 g/mol. The summed E-state index contributed by atoms with van der Waals surface area (Å²) in [6, 6.07) is 0.993. The van der Waals surface area contributed by atoms with Crippen LogP contribution in [0.5, 0.6) is 0 Å². The Morgan fingerprint density at radius 1 is 1.06 bits per heavy atom. The van der Waals surface area contributed by atoms with E-state index in [1.54, 1.807) is 0 Å². The van der Waals surface area contributed by atoms with Crippen molar-refractivity contribution in [2.45, 2.75) is 65.0 Å². The van der Waals surface area contributed by atoms with Crippen molar-refractivity contribution in [1.82, 2.24) is 10.6 Å². The summed E-state index contributed by atoms with van der Waals surface area (Å²) in [6.07, 6.45) is 5.73. The number of carbonyl (C=O) groups is 1. The summed E-state index contributed by atoms with van der Waals surface area (Å²) >= 11 is 0. The Kier molecular flexibility index (Phi) is 4.66. The Morgan fingerprint density at radius 2 is 1.83 bits per heavy atom. The smallest absolute Gasteiger partial charge is 0.224 e. The van der Waals surface area contributed by atoms with Crippen molar-refractivity contribution in [3.63, 3.8) is 0 Å². The van der Waals surface area contributed by atoms with Crippen molar-refractivity contribution in [2.75, 3.05) is 6.54 Å². The van der Waals surface area contributed by atoms with E-state index in [0.29, 0.717) is 12.1 Å². The largest absolute Gasteiger partial charge is 0.353 e. The van der Waals surface area contributed by atoms with Gasteiger partial charge in [0.25, 0.3) is 0 Å². The molecule has 18 heavy (non-hydrogen) atoms. The molecule has 0 aromatic carbocycles. The van der Waals surface area contributed by atoms with E-state index in [4.69, 9.17) is 0 Å². The summed E-state index contributed by atoms with van der Waals surface area (Å²) < 4.78 is 0. The van der Waals surface area contributed by atoms with Crippen LogP contribution in [0.3, 0.4) is 0 Å². The molecule has 104 valence electrons. The number of hydrogen-bond donors (Lipinski definition) is 2. The zero-order valence-corrected chi connectivity index (χ0v) is 12.0. The first-order chi connectivity index (χ1) is 8.56. The summed E-state index contributed by atoms with van der Waals surface area (Å²) in [7, 11) is 0. The Bertz CT molecular complexity index is 284. The number of piperidine rings is 1. The van der Waals surface area contributed by atoms with E-state index in [2.05, 4.69) is 31.4 Å². The second-order valence-electron chi connectivity index (χ2n) is 6.56. The summed E-state index contributed by atoms with van der Waals surface area (Å²) in [5, 5.41) is 6.68. The topological polar surface area (TPSA) is 41.1 Å². The predicted octanol–water partition coefficient (Wildman–Crippen LogP) is 2.32. The number of amides is 1. The third kappa shape index (κ3) is 3.47. The first kappa shape index (κ1) is 13.9. The lowest BCUT2D eigenvalue weighted by Crippen LogP contribution is -2.48. The van der Waals surface area contributed by atoms with E-state index in [-0.39, 0.29) is 11.8 Å². The molecular formula is C15H28N2O. The maximum absolute atomic E-state index is 12.2. The van der Waals surface area contributed by atoms with Crippen LogP contribution >= 0.6 is 0 Å². The molecule has 0 aromatic rings. The van der Waals surface area contributed by atoms with Crippen LogP contribution in [-0.2, 0) is 4.79 Å². The van der Waals surface area contributed by atoms with Crippen LogP contribution in [0.2, 0.25) is 0 Å². The molecule has 3 heteroatoms. The molecule has 3 nitrogen and oxygen atoms in total. The van der Waals surface area contributed by atoms with Crippen LogP contribution < -0.4 is 10.6 Å². The van der Waals surface area contributed by atoms with E-state index in [9.17, 15) is 4.79 Å². The van der Waals surface area contributed by atoms with Crippen molar-refractivity contribution in [3.05, 3.63) is 0 Å². The maximum atomic E-state index is 12.2. The van der Waals surface area contributed by atoms with Gasteiger partial charge in [-0.25, -0.2) is 0 Å². The molecule has 2 rings (SSSR count). The van der Waals surface area contributed by atoms with Gasteiger partial charge in [-0.3, -0.25) is 4.79 Å². The molecule has 0 radical (unpaired) electrons. The fourth-order valence-corrected chi connectivity index (χ4v) is 3.22. The van der Waals surface area contributed by atoms with E-state index >= 15 is 0 Å². The van der Waals surface area contributed by atoms with Gasteiger partial charge in [-0.05, 0) is 50.9 Å². The first-order valence-electron chi connectivity index (χ1n) is 7.60. The molecule has 1 aliphatic heterocycles. The Balaban J connectivity index is 1.77. The molecule has 1 saturated heterocycles. The number of hydrogen-bond acceptors (Lipinski definition) is 2. The van der Waals surface area contributed by atoms with Crippen LogP contribution in [0.4, 0.5) is 0 Å². The average Bonchev–Trinajstić information content (AvgIpc) is 2.34. The highest BCUT2D eigenvalue weighted by atomic mass is 16.2. The van der Waals surface area contributed by atoms with Gasteiger partial charge in [0, 0.05) is 18.6 Å². The number of carbonyl (C=O) groups excluding carboxylic acids is 1. The van der Waals surface area contributed by atoms with Gasteiger partial charge in [0.05, 0.1) is 5.92 Å². The maximum Gasteiger partial charge on any atom is 0.224 e. The van der Waals surface area contributed by atoms with E-state index < -0.39 is 0 Å². The monoisotopic (exact) mass is 252 g/mol. The van der Waals surface area contributed by atoms with Crippen LogP contribution in [0.25, 0.3) is 0 Å². The van der Waals surface area contributed by atoms with Gasteiger partial charge < -0.3 is 10.6 Å². The van der Waals surface area contributed by atoms with Gasteiger partial charge in [-0.1, -0.05) is 13.8 Å². The van der Waals surface area contributed by atoms with Crippen LogP contribution in [0, 0.1) is 17.8 Å². The minimum absolute atomic E-state index is 0.191. The van der Waals surface area contributed by atoms with Gasteiger partial charge in [-0.15, -0.1) is 0 Å². The number of nitrogens with one attached hydrogen (secondary N) is 2. The fourth-order valence-electron chi connectivity index (χ4n) is 3.22. The zero-order chi connectivity index (χ0) is 13.1. The number of rotatable bonds is 2. The fraction of sp³-hybridized carbons (Fsp3) is 0.933. The predicted molar refractivity (Wildman–Crippen MR) is 74.3 cm³/mol. The molecule has 2 fully saturated rings. The Hall–Kier alpha value is -0.570.